The highest BCUT2D eigenvalue weighted by molar-refractivity contribution is 5.87. The lowest BCUT2D eigenvalue weighted by atomic mass is 10.1. The summed E-state index contributed by atoms with van der Waals surface area (Å²) in [6.45, 7) is 7.28. The third-order valence-corrected chi connectivity index (χ3v) is 1.58. The molecule has 0 rings (SSSR count). The van der Waals surface area contributed by atoms with Crippen LogP contribution in [-0.2, 0) is 9.53 Å². The van der Waals surface area contributed by atoms with Crippen LogP contribution in [0.5, 0.6) is 0 Å². The topological polar surface area (TPSA) is 46.5 Å². The predicted molar refractivity (Wildman–Crippen MR) is 51.3 cm³/mol. The van der Waals surface area contributed by atoms with Gasteiger partial charge in [0.05, 0.1) is 6.10 Å². The first-order chi connectivity index (χ1) is 6.07. The summed E-state index contributed by atoms with van der Waals surface area (Å²) in [6, 6.07) is 0. The van der Waals surface area contributed by atoms with Crippen molar-refractivity contribution < 1.29 is 14.6 Å². The van der Waals surface area contributed by atoms with Gasteiger partial charge in [-0.3, -0.25) is 0 Å². The molecule has 0 bridgehead atoms. The zero-order valence-electron chi connectivity index (χ0n) is 8.38. The summed E-state index contributed by atoms with van der Waals surface area (Å²) in [5.41, 5.74) is 0.488. The van der Waals surface area contributed by atoms with Gasteiger partial charge in [-0.05, 0) is 19.8 Å². The minimum Gasteiger partial charge on any atom is -0.460 e. The van der Waals surface area contributed by atoms with E-state index in [9.17, 15) is 4.79 Å². The molecule has 0 aliphatic heterocycles. The zero-order chi connectivity index (χ0) is 10.3. The summed E-state index contributed by atoms with van der Waals surface area (Å²) in [5, 5.41) is 8.85. The molecule has 13 heavy (non-hydrogen) atoms. The number of aliphatic hydroxyl groups is 1. The SMILES string of the molecule is C=C(CCCC)C(=O)OCC(C)O. The molecule has 0 radical (unpaired) electrons. The van der Waals surface area contributed by atoms with Crippen molar-refractivity contribution in [3.05, 3.63) is 12.2 Å². The van der Waals surface area contributed by atoms with Gasteiger partial charge in [0.15, 0.2) is 0 Å². The molecule has 3 nitrogen and oxygen atoms in total. The van der Waals surface area contributed by atoms with E-state index in [1.165, 1.54) is 0 Å². The number of unbranched alkanes of at least 4 members (excludes halogenated alkanes) is 1. The van der Waals surface area contributed by atoms with E-state index in [2.05, 4.69) is 13.5 Å². The van der Waals surface area contributed by atoms with Crippen LogP contribution in [0.2, 0.25) is 0 Å². The monoisotopic (exact) mass is 186 g/mol. The number of carbonyl (C=O) groups is 1. The number of hydrogen-bond donors (Lipinski definition) is 1. The molecule has 3 heteroatoms. The standard InChI is InChI=1S/C10H18O3/c1-4-5-6-8(2)10(12)13-7-9(3)11/h9,11H,2,4-7H2,1,3H3. The van der Waals surface area contributed by atoms with Gasteiger partial charge < -0.3 is 9.84 Å². The maximum atomic E-state index is 11.1. The molecule has 1 atom stereocenters. The normalized spacial score (nSPS) is 12.2. The molecule has 0 amide bonds. The average molecular weight is 186 g/mol. The Labute approximate surface area is 79.4 Å². The molecule has 0 aliphatic rings. The maximum absolute atomic E-state index is 11.1. The number of hydrogen-bond acceptors (Lipinski definition) is 3. The van der Waals surface area contributed by atoms with Crippen LogP contribution >= 0.6 is 0 Å². The molecular weight excluding hydrogens is 168 g/mol. The van der Waals surface area contributed by atoms with Gasteiger partial charge >= 0.3 is 5.97 Å². The fourth-order valence-electron chi connectivity index (χ4n) is 0.791. The lowest BCUT2D eigenvalue weighted by molar-refractivity contribution is -0.141. The van der Waals surface area contributed by atoms with E-state index in [4.69, 9.17) is 9.84 Å². The minimum atomic E-state index is -0.608. The van der Waals surface area contributed by atoms with Crippen molar-refractivity contribution >= 4 is 5.97 Å². The second kappa shape index (κ2) is 6.66. The van der Waals surface area contributed by atoms with Crippen molar-refractivity contribution in [2.45, 2.75) is 39.2 Å². The van der Waals surface area contributed by atoms with E-state index in [0.717, 1.165) is 12.8 Å². The van der Waals surface area contributed by atoms with Crippen LogP contribution in [0, 0.1) is 0 Å². The van der Waals surface area contributed by atoms with Crippen LogP contribution in [-0.4, -0.2) is 23.8 Å². The summed E-state index contributed by atoms with van der Waals surface area (Å²) in [6.07, 6.45) is 2.04. The van der Waals surface area contributed by atoms with Crippen molar-refractivity contribution in [3.8, 4) is 0 Å². The lowest BCUT2D eigenvalue weighted by Crippen LogP contribution is -2.16. The van der Waals surface area contributed by atoms with Crippen molar-refractivity contribution in [2.24, 2.45) is 0 Å². The highest BCUT2D eigenvalue weighted by Crippen LogP contribution is 2.06. The first-order valence-corrected chi connectivity index (χ1v) is 4.60. The van der Waals surface area contributed by atoms with Crippen molar-refractivity contribution in [1.29, 1.82) is 0 Å². The second-order valence-electron chi connectivity index (χ2n) is 3.15. The van der Waals surface area contributed by atoms with Crippen molar-refractivity contribution in [3.63, 3.8) is 0 Å². The number of aliphatic hydroxyl groups excluding tert-OH is 1. The Morgan fingerprint density at radius 2 is 2.23 bits per heavy atom. The molecule has 0 spiro atoms. The second-order valence-corrected chi connectivity index (χ2v) is 3.15. The smallest absolute Gasteiger partial charge is 0.333 e. The van der Waals surface area contributed by atoms with Crippen LogP contribution in [0.3, 0.4) is 0 Å². The Balaban J connectivity index is 3.64. The molecule has 1 unspecified atom stereocenters. The summed E-state index contributed by atoms with van der Waals surface area (Å²) < 4.78 is 4.77. The van der Waals surface area contributed by atoms with Gasteiger partial charge in [-0.1, -0.05) is 19.9 Å². The fourth-order valence-corrected chi connectivity index (χ4v) is 0.791. The first-order valence-electron chi connectivity index (χ1n) is 4.60. The Kier molecular flexibility index (Phi) is 6.24. The van der Waals surface area contributed by atoms with Crippen LogP contribution in [0.15, 0.2) is 12.2 Å². The average Bonchev–Trinajstić information content (AvgIpc) is 2.10. The molecule has 0 aromatic rings. The van der Waals surface area contributed by atoms with Gasteiger partial charge in [0.2, 0.25) is 0 Å². The quantitative estimate of drug-likeness (QED) is 0.507. The van der Waals surface area contributed by atoms with Gasteiger partial charge in [0.1, 0.15) is 6.61 Å². The fraction of sp³-hybridized carbons (Fsp3) is 0.700. The maximum Gasteiger partial charge on any atom is 0.333 e. The Morgan fingerprint density at radius 3 is 2.69 bits per heavy atom. The largest absolute Gasteiger partial charge is 0.460 e. The summed E-state index contributed by atoms with van der Waals surface area (Å²) in [5.74, 6) is -0.394. The van der Waals surface area contributed by atoms with Crippen LogP contribution < -0.4 is 0 Å². The molecule has 0 fully saturated rings. The first kappa shape index (κ1) is 12.2. The molecule has 76 valence electrons. The summed E-state index contributed by atoms with van der Waals surface area (Å²) in [4.78, 5) is 11.1. The molecule has 1 N–H and O–H groups in total. The Morgan fingerprint density at radius 1 is 1.62 bits per heavy atom. The Bertz CT molecular complexity index is 173. The van der Waals surface area contributed by atoms with Gasteiger partial charge in [-0.15, -0.1) is 0 Å². The van der Waals surface area contributed by atoms with Gasteiger partial charge in [0, 0.05) is 5.57 Å². The Hall–Kier alpha value is -0.830. The van der Waals surface area contributed by atoms with E-state index in [-0.39, 0.29) is 6.61 Å². The number of carbonyl (C=O) groups excluding carboxylic acids is 1. The van der Waals surface area contributed by atoms with E-state index in [1.807, 2.05) is 0 Å². The summed E-state index contributed by atoms with van der Waals surface area (Å²) in [7, 11) is 0. The van der Waals surface area contributed by atoms with Crippen LogP contribution in [0.4, 0.5) is 0 Å². The minimum absolute atomic E-state index is 0.0456. The highest BCUT2D eigenvalue weighted by Gasteiger charge is 2.08. The zero-order valence-corrected chi connectivity index (χ0v) is 8.38. The number of rotatable bonds is 6. The molecule has 0 saturated heterocycles. The highest BCUT2D eigenvalue weighted by atomic mass is 16.5. The number of ether oxygens (including phenoxy) is 1. The molecular formula is C10H18O3. The van der Waals surface area contributed by atoms with Gasteiger partial charge in [-0.25, -0.2) is 4.79 Å². The van der Waals surface area contributed by atoms with E-state index < -0.39 is 12.1 Å². The molecule has 0 aromatic heterocycles. The van der Waals surface area contributed by atoms with E-state index in [0.29, 0.717) is 12.0 Å². The molecule has 0 aliphatic carbocycles. The van der Waals surface area contributed by atoms with E-state index in [1.54, 1.807) is 6.92 Å². The molecule has 0 aromatic carbocycles. The number of esters is 1. The van der Waals surface area contributed by atoms with Gasteiger partial charge in [0.25, 0.3) is 0 Å². The van der Waals surface area contributed by atoms with Crippen molar-refractivity contribution in [2.75, 3.05) is 6.61 Å². The third kappa shape index (κ3) is 6.34. The molecule has 0 saturated carbocycles. The third-order valence-electron chi connectivity index (χ3n) is 1.58. The summed E-state index contributed by atoms with van der Waals surface area (Å²) >= 11 is 0. The lowest BCUT2D eigenvalue weighted by Gasteiger charge is -2.07. The van der Waals surface area contributed by atoms with Gasteiger partial charge in [-0.2, -0.15) is 0 Å². The van der Waals surface area contributed by atoms with Crippen LogP contribution in [0.1, 0.15) is 33.1 Å². The van der Waals surface area contributed by atoms with E-state index >= 15 is 0 Å². The van der Waals surface area contributed by atoms with Crippen molar-refractivity contribution in [1.82, 2.24) is 0 Å². The predicted octanol–water partition coefficient (Wildman–Crippen LogP) is 1.66. The van der Waals surface area contributed by atoms with Crippen LogP contribution in [0.25, 0.3) is 0 Å². The molecule has 0 heterocycles.